The first-order valence-corrected chi connectivity index (χ1v) is 7.69. The molecule has 0 unspecified atom stereocenters. The molecule has 1 heterocycles. The number of hydrogen-bond donors (Lipinski definition) is 1. The molecule has 0 saturated heterocycles. The lowest BCUT2D eigenvalue weighted by Gasteiger charge is -2.13. The van der Waals surface area contributed by atoms with Gasteiger partial charge in [0.1, 0.15) is 0 Å². The summed E-state index contributed by atoms with van der Waals surface area (Å²) in [7, 11) is 4.28. The Labute approximate surface area is 121 Å². The fourth-order valence-electron chi connectivity index (χ4n) is 2.77. The Hall–Kier alpha value is -1.32. The van der Waals surface area contributed by atoms with Crippen molar-refractivity contribution in [3.8, 4) is 0 Å². The minimum absolute atomic E-state index is 0.766. The SMILES string of the molecule is CN(C)CCCn1ccc2cccc(CNC3CC3)c21. The zero-order valence-corrected chi connectivity index (χ0v) is 12.6. The number of fused-ring (bicyclic) bond motifs is 1. The molecule has 20 heavy (non-hydrogen) atoms. The molecule has 3 nitrogen and oxygen atoms in total. The van der Waals surface area contributed by atoms with Crippen LogP contribution in [0.25, 0.3) is 10.9 Å². The molecule has 1 aromatic heterocycles. The maximum atomic E-state index is 3.63. The third kappa shape index (κ3) is 3.22. The van der Waals surface area contributed by atoms with E-state index in [9.17, 15) is 0 Å². The lowest BCUT2D eigenvalue weighted by atomic mass is 10.1. The first-order valence-electron chi connectivity index (χ1n) is 7.69. The van der Waals surface area contributed by atoms with E-state index < -0.39 is 0 Å². The van der Waals surface area contributed by atoms with Crippen LogP contribution in [0.15, 0.2) is 30.5 Å². The second kappa shape index (κ2) is 5.98. The zero-order valence-electron chi connectivity index (χ0n) is 12.6. The van der Waals surface area contributed by atoms with Gasteiger partial charge in [-0.15, -0.1) is 0 Å². The predicted molar refractivity (Wildman–Crippen MR) is 85.0 cm³/mol. The van der Waals surface area contributed by atoms with Crippen molar-refractivity contribution in [1.82, 2.24) is 14.8 Å². The number of para-hydroxylation sites is 1. The van der Waals surface area contributed by atoms with Crippen molar-refractivity contribution < 1.29 is 0 Å². The highest BCUT2D eigenvalue weighted by molar-refractivity contribution is 5.83. The third-order valence-electron chi connectivity index (χ3n) is 4.03. The normalized spacial score (nSPS) is 15.3. The summed E-state index contributed by atoms with van der Waals surface area (Å²) in [6.45, 7) is 3.24. The molecule has 1 aliphatic carbocycles. The van der Waals surface area contributed by atoms with Gasteiger partial charge in [0.2, 0.25) is 0 Å². The summed E-state index contributed by atoms with van der Waals surface area (Å²) >= 11 is 0. The van der Waals surface area contributed by atoms with E-state index in [2.05, 4.69) is 59.3 Å². The molecule has 0 amide bonds. The first kappa shape index (κ1) is 13.7. The van der Waals surface area contributed by atoms with Crippen LogP contribution in [0.5, 0.6) is 0 Å². The van der Waals surface area contributed by atoms with Crippen molar-refractivity contribution in [1.29, 1.82) is 0 Å². The summed E-state index contributed by atoms with van der Waals surface area (Å²) in [5.41, 5.74) is 2.85. The average molecular weight is 271 g/mol. The van der Waals surface area contributed by atoms with Gasteiger partial charge in [-0.25, -0.2) is 0 Å². The van der Waals surface area contributed by atoms with Gasteiger partial charge in [-0.3, -0.25) is 0 Å². The Bertz CT molecular complexity index is 567. The number of benzene rings is 1. The standard InChI is InChI=1S/C17H25N3/c1-19(2)10-4-11-20-12-9-14-5-3-6-15(17(14)20)13-18-16-7-8-16/h3,5-6,9,12,16,18H,4,7-8,10-11,13H2,1-2H3. The van der Waals surface area contributed by atoms with Crippen LogP contribution in [-0.2, 0) is 13.1 Å². The Morgan fingerprint density at radius 2 is 2.10 bits per heavy atom. The van der Waals surface area contributed by atoms with E-state index in [0.29, 0.717) is 0 Å². The summed E-state index contributed by atoms with van der Waals surface area (Å²) in [5, 5.41) is 5.00. The van der Waals surface area contributed by atoms with E-state index in [1.165, 1.54) is 35.7 Å². The van der Waals surface area contributed by atoms with Crippen LogP contribution in [0.1, 0.15) is 24.8 Å². The highest BCUT2D eigenvalue weighted by Gasteiger charge is 2.20. The van der Waals surface area contributed by atoms with E-state index in [0.717, 1.165) is 25.7 Å². The molecule has 1 fully saturated rings. The number of nitrogens with zero attached hydrogens (tertiary/aromatic N) is 2. The van der Waals surface area contributed by atoms with Crippen molar-refractivity contribution in [3.63, 3.8) is 0 Å². The largest absolute Gasteiger partial charge is 0.347 e. The quantitative estimate of drug-likeness (QED) is 0.835. The Morgan fingerprint density at radius 3 is 2.85 bits per heavy atom. The number of nitrogens with one attached hydrogen (secondary N) is 1. The fourth-order valence-corrected chi connectivity index (χ4v) is 2.77. The molecule has 2 aromatic rings. The number of aromatic nitrogens is 1. The average Bonchev–Trinajstić information content (AvgIpc) is 3.17. The highest BCUT2D eigenvalue weighted by Crippen LogP contribution is 2.23. The minimum Gasteiger partial charge on any atom is -0.347 e. The van der Waals surface area contributed by atoms with Gasteiger partial charge in [-0.1, -0.05) is 18.2 Å². The van der Waals surface area contributed by atoms with Gasteiger partial charge >= 0.3 is 0 Å². The molecule has 0 bridgehead atoms. The second-order valence-electron chi connectivity index (χ2n) is 6.18. The summed E-state index contributed by atoms with van der Waals surface area (Å²) in [4.78, 5) is 2.25. The predicted octanol–water partition coefficient (Wildman–Crippen LogP) is 2.85. The fraction of sp³-hybridized carbons (Fsp3) is 0.529. The van der Waals surface area contributed by atoms with Crippen LogP contribution >= 0.6 is 0 Å². The maximum absolute atomic E-state index is 3.63. The van der Waals surface area contributed by atoms with Crippen molar-refractivity contribution in [2.45, 2.75) is 38.4 Å². The van der Waals surface area contributed by atoms with E-state index in [1.54, 1.807) is 0 Å². The van der Waals surface area contributed by atoms with E-state index in [1.807, 2.05) is 0 Å². The van der Waals surface area contributed by atoms with Crippen molar-refractivity contribution in [2.75, 3.05) is 20.6 Å². The first-order chi connectivity index (χ1) is 9.74. The highest BCUT2D eigenvalue weighted by atomic mass is 15.1. The van der Waals surface area contributed by atoms with Gasteiger partial charge in [0.05, 0.1) is 5.52 Å². The smallest absolute Gasteiger partial charge is 0.0525 e. The van der Waals surface area contributed by atoms with Crippen molar-refractivity contribution in [3.05, 3.63) is 36.0 Å². The monoisotopic (exact) mass is 271 g/mol. The minimum atomic E-state index is 0.766. The molecule has 1 aromatic carbocycles. The third-order valence-corrected chi connectivity index (χ3v) is 4.03. The van der Waals surface area contributed by atoms with Crippen LogP contribution in [0, 0.1) is 0 Å². The molecule has 0 spiro atoms. The second-order valence-corrected chi connectivity index (χ2v) is 6.18. The van der Waals surface area contributed by atoms with Crippen LogP contribution in [0.4, 0.5) is 0 Å². The van der Waals surface area contributed by atoms with Gasteiger partial charge in [-0.05, 0) is 56.9 Å². The molecule has 0 aliphatic heterocycles. The molecular formula is C17H25N3. The van der Waals surface area contributed by atoms with Crippen LogP contribution < -0.4 is 5.32 Å². The zero-order chi connectivity index (χ0) is 13.9. The molecule has 0 atom stereocenters. The number of aryl methyl sites for hydroxylation is 1. The van der Waals surface area contributed by atoms with Gasteiger partial charge in [0.15, 0.2) is 0 Å². The van der Waals surface area contributed by atoms with Crippen LogP contribution in [0.2, 0.25) is 0 Å². The Morgan fingerprint density at radius 1 is 1.25 bits per heavy atom. The lowest BCUT2D eigenvalue weighted by molar-refractivity contribution is 0.388. The molecule has 3 heteroatoms. The van der Waals surface area contributed by atoms with Gasteiger partial charge in [0, 0.05) is 25.3 Å². The van der Waals surface area contributed by atoms with Crippen LogP contribution in [-0.4, -0.2) is 36.1 Å². The summed E-state index contributed by atoms with van der Waals surface area (Å²) in [6.07, 6.45) is 6.13. The topological polar surface area (TPSA) is 20.2 Å². The van der Waals surface area contributed by atoms with Crippen LogP contribution in [0.3, 0.4) is 0 Å². The summed E-state index contributed by atoms with van der Waals surface area (Å²) < 4.78 is 2.42. The Balaban J connectivity index is 1.76. The molecule has 3 rings (SSSR count). The summed E-state index contributed by atoms with van der Waals surface area (Å²) in [6, 6.07) is 9.67. The molecule has 108 valence electrons. The molecule has 1 N–H and O–H groups in total. The van der Waals surface area contributed by atoms with Gasteiger partial charge in [0.25, 0.3) is 0 Å². The molecule has 1 aliphatic rings. The van der Waals surface area contributed by atoms with Gasteiger partial charge < -0.3 is 14.8 Å². The van der Waals surface area contributed by atoms with Gasteiger partial charge in [-0.2, -0.15) is 0 Å². The van der Waals surface area contributed by atoms with Crippen molar-refractivity contribution >= 4 is 10.9 Å². The summed E-state index contributed by atoms with van der Waals surface area (Å²) in [5.74, 6) is 0. The molecular weight excluding hydrogens is 246 g/mol. The number of hydrogen-bond acceptors (Lipinski definition) is 2. The van der Waals surface area contributed by atoms with E-state index >= 15 is 0 Å². The Kier molecular flexibility index (Phi) is 4.08. The van der Waals surface area contributed by atoms with E-state index in [-0.39, 0.29) is 0 Å². The lowest BCUT2D eigenvalue weighted by Crippen LogP contribution is -2.17. The van der Waals surface area contributed by atoms with Crippen molar-refractivity contribution in [2.24, 2.45) is 0 Å². The van der Waals surface area contributed by atoms with E-state index in [4.69, 9.17) is 0 Å². The maximum Gasteiger partial charge on any atom is 0.0525 e. The number of rotatable bonds is 7. The molecule has 1 saturated carbocycles. The molecule has 0 radical (unpaired) electrons.